The van der Waals surface area contributed by atoms with Gasteiger partial charge in [0.15, 0.2) is 0 Å². The summed E-state index contributed by atoms with van der Waals surface area (Å²) in [6.45, 7) is 6.75. The molecule has 1 fully saturated rings. The molecule has 0 spiro atoms. The van der Waals surface area contributed by atoms with Crippen molar-refractivity contribution in [2.45, 2.75) is 46.5 Å². The number of rotatable bonds is 5. The van der Waals surface area contributed by atoms with E-state index in [2.05, 4.69) is 25.2 Å². The maximum Gasteiger partial charge on any atom is 0.230 e. The van der Waals surface area contributed by atoms with Gasteiger partial charge in [-0.15, -0.1) is 0 Å². The van der Waals surface area contributed by atoms with Gasteiger partial charge in [-0.3, -0.25) is 4.79 Å². The minimum Gasteiger partial charge on any atom is -0.493 e. The summed E-state index contributed by atoms with van der Waals surface area (Å²) >= 11 is 0. The Hall–Kier alpha value is -2.02. The van der Waals surface area contributed by atoms with Gasteiger partial charge in [-0.05, 0) is 37.0 Å². The highest BCUT2D eigenvalue weighted by Gasteiger charge is 2.36. The second-order valence-electron chi connectivity index (χ2n) is 6.75. The van der Waals surface area contributed by atoms with Gasteiger partial charge in [0.25, 0.3) is 0 Å². The van der Waals surface area contributed by atoms with Gasteiger partial charge in [0.2, 0.25) is 5.91 Å². The van der Waals surface area contributed by atoms with E-state index >= 15 is 0 Å². The Morgan fingerprint density at radius 3 is 2.68 bits per heavy atom. The minimum atomic E-state index is -0.306. The number of nitriles is 1. The first-order chi connectivity index (χ1) is 10.4. The lowest BCUT2D eigenvalue weighted by Crippen LogP contribution is -2.31. The fraction of sp³-hybridized carbons (Fsp3) is 0.556. The first kappa shape index (κ1) is 16.4. The Morgan fingerprint density at radius 2 is 2.09 bits per heavy atom. The van der Waals surface area contributed by atoms with Crippen LogP contribution in [0.1, 0.15) is 52.0 Å². The first-order valence-corrected chi connectivity index (χ1v) is 7.93. The molecule has 1 N–H and O–H groups in total. The number of nitrogens with one attached hydrogen (secondary N) is 1. The Balaban J connectivity index is 2.11. The van der Waals surface area contributed by atoms with Crippen LogP contribution in [-0.4, -0.2) is 12.5 Å². The van der Waals surface area contributed by atoms with Gasteiger partial charge in [-0.25, -0.2) is 0 Å². The molecule has 0 aromatic heterocycles. The third-order valence-electron chi connectivity index (χ3n) is 4.20. The Bertz CT molecular complexity index is 581. The molecular weight excluding hydrogens is 276 g/mol. The fourth-order valence-corrected chi connectivity index (χ4v) is 2.73. The lowest BCUT2D eigenvalue weighted by molar-refractivity contribution is -0.124. The fourth-order valence-electron chi connectivity index (χ4n) is 2.73. The van der Waals surface area contributed by atoms with Gasteiger partial charge in [-0.1, -0.05) is 33.6 Å². The second-order valence-corrected chi connectivity index (χ2v) is 6.75. The van der Waals surface area contributed by atoms with Crippen LogP contribution in [-0.2, 0) is 4.79 Å². The molecule has 4 heteroatoms. The van der Waals surface area contributed by atoms with Crippen LogP contribution in [0.25, 0.3) is 0 Å². The van der Waals surface area contributed by atoms with Crippen LogP contribution in [0.15, 0.2) is 18.2 Å². The summed E-state index contributed by atoms with van der Waals surface area (Å²) in [5.41, 5.74) is 0.702. The van der Waals surface area contributed by atoms with Crippen LogP contribution < -0.4 is 10.1 Å². The molecule has 2 rings (SSSR count). The predicted octanol–water partition coefficient (Wildman–Crippen LogP) is 4.11. The van der Waals surface area contributed by atoms with Gasteiger partial charge >= 0.3 is 0 Å². The van der Waals surface area contributed by atoms with Crippen molar-refractivity contribution in [2.75, 3.05) is 11.9 Å². The molecule has 0 unspecified atom stereocenters. The van der Waals surface area contributed by atoms with Crippen LogP contribution in [0.3, 0.4) is 0 Å². The molecule has 0 aliphatic heterocycles. The smallest absolute Gasteiger partial charge is 0.230 e. The molecule has 22 heavy (non-hydrogen) atoms. The van der Waals surface area contributed by atoms with Crippen molar-refractivity contribution < 1.29 is 9.53 Å². The SMILES string of the molecule is CC(C)COc1ccc(NC(=O)C2(C)CCCC2)c(C#N)c1. The number of ether oxygens (including phenoxy) is 1. The molecular formula is C18H24N2O2. The average molecular weight is 300 g/mol. The zero-order valence-electron chi connectivity index (χ0n) is 13.6. The molecule has 4 nitrogen and oxygen atoms in total. The molecule has 0 heterocycles. The summed E-state index contributed by atoms with van der Waals surface area (Å²) in [5, 5.41) is 12.2. The molecule has 118 valence electrons. The molecule has 0 atom stereocenters. The van der Waals surface area contributed by atoms with E-state index in [1.54, 1.807) is 18.2 Å². The van der Waals surface area contributed by atoms with E-state index in [4.69, 9.17) is 4.74 Å². The Morgan fingerprint density at radius 1 is 1.41 bits per heavy atom. The topological polar surface area (TPSA) is 62.1 Å². The van der Waals surface area contributed by atoms with Crippen molar-refractivity contribution in [3.05, 3.63) is 23.8 Å². The third-order valence-corrected chi connectivity index (χ3v) is 4.20. The second kappa shape index (κ2) is 6.83. The normalized spacial score (nSPS) is 16.3. The third kappa shape index (κ3) is 3.79. The van der Waals surface area contributed by atoms with E-state index < -0.39 is 0 Å². The van der Waals surface area contributed by atoms with Crippen molar-refractivity contribution in [1.29, 1.82) is 5.26 Å². The quantitative estimate of drug-likeness (QED) is 0.890. The monoisotopic (exact) mass is 300 g/mol. The highest BCUT2D eigenvalue weighted by Crippen LogP contribution is 2.38. The number of carbonyl (C=O) groups excluding carboxylic acids is 1. The van der Waals surface area contributed by atoms with E-state index in [-0.39, 0.29) is 11.3 Å². The Labute approximate surface area is 132 Å². The zero-order valence-corrected chi connectivity index (χ0v) is 13.6. The molecule has 1 aliphatic carbocycles. The van der Waals surface area contributed by atoms with Gasteiger partial charge in [0, 0.05) is 5.41 Å². The van der Waals surface area contributed by atoms with Crippen molar-refractivity contribution in [3.8, 4) is 11.8 Å². The molecule has 1 saturated carbocycles. The van der Waals surface area contributed by atoms with Gasteiger partial charge in [-0.2, -0.15) is 5.26 Å². The molecule has 1 amide bonds. The van der Waals surface area contributed by atoms with Crippen LogP contribution >= 0.6 is 0 Å². The summed E-state index contributed by atoms with van der Waals surface area (Å²) in [4.78, 5) is 12.5. The largest absolute Gasteiger partial charge is 0.493 e. The van der Waals surface area contributed by atoms with Crippen molar-refractivity contribution in [2.24, 2.45) is 11.3 Å². The number of hydrogen-bond acceptors (Lipinski definition) is 3. The molecule has 0 bridgehead atoms. The number of anilines is 1. The minimum absolute atomic E-state index is 0.0114. The van der Waals surface area contributed by atoms with E-state index in [0.29, 0.717) is 29.5 Å². The average Bonchev–Trinajstić information content (AvgIpc) is 2.94. The molecule has 1 aromatic carbocycles. The maximum atomic E-state index is 12.5. The number of amides is 1. The standard InChI is InChI=1S/C18H24N2O2/c1-13(2)12-22-15-6-7-16(14(10-15)11-19)20-17(21)18(3)8-4-5-9-18/h6-7,10,13H,4-5,8-9,12H2,1-3H3,(H,20,21). The summed E-state index contributed by atoms with van der Waals surface area (Å²) in [7, 11) is 0. The summed E-state index contributed by atoms with van der Waals surface area (Å²) in [5.74, 6) is 1.10. The van der Waals surface area contributed by atoms with Crippen LogP contribution in [0.2, 0.25) is 0 Å². The lowest BCUT2D eigenvalue weighted by atomic mass is 9.87. The van der Waals surface area contributed by atoms with E-state index in [1.165, 1.54) is 0 Å². The number of nitrogens with zero attached hydrogens (tertiary/aromatic N) is 1. The van der Waals surface area contributed by atoms with E-state index in [1.807, 2.05) is 6.92 Å². The number of carbonyl (C=O) groups is 1. The summed E-state index contributed by atoms with van der Waals surface area (Å²) in [6.07, 6.45) is 4.01. The van der Waals surface area contributed by atoms with Crippen molar-refractivity contribution >= 4 is 11.6 Å². The highest BCUT2D eigenvalue weighted by atomic mass is 16.5. The van der Waals surface area contributed by atoms with E-state index in [9.17, 15) is 10.1 Å². The Kier molecular flexibility index (Phi) is 5.07. The van der Waals surface area contributed by atoms with Gasteiger partial charge in [0.1, 0.15) is 11.8 Å². The summed E-state index contributed by atoms with van der Waals surface area (Å²) in [6, 6.07) is 7.38. The van der Waals surface area contributed by atoms with Crippen molar-refractivity contribution in [3.63, 3.8) is 0 Å². The molecule has 1 aliphatic rings. The van der Waals surface area contributed by atoms with Gasteiger partial charge < -0.3 is 10.1 Å². The van der Waals surface area contributed by atoms with Gasteiger partial charge in [0.05, 0.1) is 17.9 Å². The van der Waals surface area contributed by atoms with Crippen molar-refractivity contribution in [1.82, 2.24) is 0 Å². The van der Waals surface area contributed by atoms with Crippen LogP contribution in [0.5, 0.6) is 5.75 Å². The molecule has 0 saturated heterocycles. The first-order valence-electron chi connectivity index (χ1n) is 7.93. The molecule has 0 radical (unpaired) electrons. The predicted molar refractivity (Wildman–Crippen MR) is 86.7 cm³/mol. The number of benzene rings is 1. The maximum absolute atomic E-state index is 12.5. The lowest BCUT2D eigenvalue weighted by Gasteiger charge is -2.22. The number of hydrogen-bond donors (Lipinski definition) is 1. The van der Waals surface area contributed by atoms with Crippen LogP contribution in [0, 0.1) is 22.7 Å². The summed E-state index contributed by atoms with van der Waals surface area (Å²) < 4.78 is 5.63. The highest BCUT2D eigenvalue weighted by molar-refractivity contribution is 5.96. The zero-order chi connectivity index (χ0) is 16.2. The van der Waals surface area contributed by atoms with Crippen LogP contribution in [0.4, 0.5) is 5.69 Å². The molecule has 1 aromatic rings. The van der Waals surface area contributed by atoms with E-state index in [0.717, 1.165) is 25.7 Å².